The summed E-state index contributed by atoms with van der Waals surface area (Å²) in [6, 6.07) is 14.8. The Hall–Kier alpha value is -1.56. The highest BCUT2D eigenvalue weighted by Crippen LogP contribution is 2.27. The Morgan fingerprint density at radius 2 is 1.72 bits per heavy atom. The first kappa shape index (κ1) is 12.9. The minimum atomic E-state index is 1.01. The quantitative estimate of drug-likeness (QED) is 0.571. The molecular weight excluding hydrogens is 216 g/mol. The fourth-order valence-corrected chi connectivity index (χ4v) is 2.38. The Balaban J connectivity index is 2.13. The first-order chi connectivity index (χ1) is 8.83. The van der Waals surface area contributed by atoms with Gasteiger partial charge in [0, 0.05) is 0 Å². The summed E-state index contributed by atoms with van der Waals surface area (Å²) in [6.45, 7) is 8.49. The molecule has 0 saturated heterocycles. The number of hydrogen-bond acceptors (Lipinski definition) is 0. The van der Waals surface area contributed by atoms with Crippen molar-refractivity contribution in [3.05, 3.63) is 54.6 Å². The number of rotatable bonds is 6. The molecule has 0 aromatic heterocycles. The van der Waals surface area contributed by atoms with E-state index in [4.69, 9.17) is 6.58 Å². The second-order valence-corrected chi connectivity index (χ2v) is 4.86. The molecule has 1 radical (unpaired) electrons. The second kappa shape index (κ2) is 6.39. The van der Waals surface area contributed by atoms with Gasteiger partial charge in [0.2, 0.25) is 0 Å². The van der Waals surface area contributed by atoms with Crippen LogP contribution in [0.3, 0.4) is 0 Å². The predicted octanol–water partition coefficient (Wildman–Crippen LogP) is 5.63. The van der Waals surface area contributed by atoms with Gasteiger partial charge in [0.25, 0.3) is 0 Å². The van der Waals surface area contributed by atoms with Crippen LogP contribution >= 0.6 is 0 Å². The molecule has 0 saturated carbocycles. The minimum Gasteiger partial charge on any atom is -0.0654 e. The topological polar surface area (TPSA) is 0 Å². The van der Waals surface area contributed by atoms with E-state index < -0.39 is 0 Å². The summed E-state index contributed by atoms with van der Waals surface area (Å²) in [4.78, 5) is 0. The van der Waals surface area contributed by atoms with Crippen molar-refractivity contribution in [2.45, 2.75) is 39.0 Å². The van der Waals surface area contributed by atoms with Gasteiger partial charge in [-0.1, -0.05) is 75.2 Å². The smallest absolute Gasteiger partial charge is 0.0109 e. The lowest BCUT2D eigenvalue weighted by Gasteiger charge is -2.09. The van der Waals surface area contributed by atoms with Crippen molar-refractivity contribution < 1.29 is 0 Å². The Morgan fingerprint density at radius 1 is 0.944 bits per heavy atom. The first-order valence-electron chi connectivity index (χ1n) is 6.92. The molecule has 0 fully saturated rings. The van der Waals surface area contributed by atoms with Gasteiger partial charge in [-0.15, -0.1) is 0 Å². The third kappa shape index (κ3) is 3.01. The van der Waals surface area contributed by atoms with E-state index in [1.807, 2.05) is 0 Å². The molecular formula is C18H21. The van der Waals surface area contributed by atoms with Crippen LogP contribution < -0.4 is 0 Å². The monoisotopic (exact) mass is 237 g/mol. The average Bonchev–Trinajstić information content (AvgIpc) is 2.43. The molecule has 0 nitrogen and oxygen atoms in total. The third-order valence-corrected chi connectivity index (χ3v) is 3.44. The maximum atomic E-state index is 6.26. The summed E-state index contributed by atoms with van der Waals surface area (Å²) < 4.78 is 0. The van der Waals surface area contributed by atoms with E-state index in [9.17, 15) is 0 Å². The van der Waals surface area contributed by atoms with Crippen molar-refractivity contribution in [1.29, 1.82) is 0 Å². The summed E-state index contributed by atoms with van der Waals surface area (Å²) >= 11 is 0. The van der Waals surface area contributed by atoms with Crippen molar-refractivity contribution in [2.75, 3.05) is 0 Å². The summed E-state index contributed by atoms with van der Waals surface area (Å²) in [5.74, 6) is 0. The molecule has 0 bridgehead atoms. The molecule has 93 valence electrons. The van der Waals surface area contributed by atoms with Crippen molar-refractivity contribution in [3.8, 4) is 0 Å². The zero-order valence-corrected chi connectivity index (χ0v) is 11.2. The van der Waals surface area contributed by atoms with Crippen LogP contribution in [-0.4, -0.2) is 0 Å². The van der Waals surface area contributed by atoms with Gasteiger partial charge in [-0.25, -0.2) is 0 Å². The Labute approximate surface area is 110 Å². The Bertz CT molecular complexity index is 517. The van der Waals surface area contributed by atoms with Gasteiger partial charge in [0.15, 0.2) is 0 Å². The van der Waals surface area contributed by atoms with Crippen LogP contribution in [-0.2, 0) is 0 Å². The van der Waals surface area contributed by atoms with E-state index in [1.165, 1.54) is 42.0 Å². The summed E-state index contributed by atoms with van der Waals surface area (Å²) in [7, 11) is 0. The highest BCUT2D eigenvalue weighted by atomic mass is 14.1. The maximum Gasteiger partial charge on any atom is -0.0109 e. The Kier molecular flexibility index (Phi) is 4.58. The molecule has 0 aliphatic rings. The Morgan fingerprint density at radius 3 is 2.56 bits per heavy atom. The van der Waals surface area contributed by atoms with Gasteiger partial charge in [0.05, 0.1) is 0 Å². The summed E-state index contributed by atoms with van der Waals surface area (Å²) in [5.41, 5.74) is 2.24. The lowest BCUT2D eigenvalue weighted by Crippen LogP contribution is -1.87. The zero-order valence-electron chi connectivity index (χ0n) is 11.2. The van der Waals surface area contributed by atoms with Gasteiger partial charge >= 0.3 is 0 Å². The molecule has 0 amide bonds. The van der Waals surface area contributed by atoms with E-state index in [1.54, 1.807) is 0 Å². The summed E-state index contributed by atoms with van der Waals surface area (Å²) in [5, 5.41) is 2.54. The van der Waals surface area contributed by atoms with E-state index in [-0.39, 0.29) is 0 Å². The highest BCUT2D eigenvalue weighted by molar-refractivity contribution is 5.93. The number of hydrogen-bond donors (Lipinski definition) is 0. The van der Waals surface area contributed by atoms with Crippen molar-refractivity contribution in [1.82, 2.24) is 0 Å². The normalized spacial score (nSPS) is 10.7. The van der Waals surface area contributed by atoms with Gasteiger partial charge in [-0.2, -0.15) is 0 Å². The molecule has 0 aliphatic carbocycles. The largest absolute Gasteiger partial charge is 0.0654 e. The first-order valence-corrected chi connectivity index (χ1v) is 6.92. The van der Waals surface area contributed by atoms with Crippen LogP contribution in [0.4, 0.5) is 0 Å². The van der Waals surface area contributed by atoms with Gasteiger partial charge in [0.1, 0.15) is 0 Å². The van der Waals surface area contributed by atoms with Crippen LogP contribution in [0.25, 0.3) is 16.3 Å². The standard InChI is InChI=1S/C18H21/c1-3-4-5-6-10-15(2)17-14-9-12-16-11-7-8-13-18(16)17/h2,7-9,11-14H,3-6,10H2,1H3. The van der Waals surface area contributed by atoms with Crippen LogP contribution in [0.15, 0.2) is 42.5 Å². The van der Waals surface area contributed by atoms with Gasteiger partial charge < -0.3 is 0 Å². The van der Waals surface area contributed by atoms with Crippen molar-refractivity contribution in [3.63, 3.8) is 0 Å². The molecule has 0 heterocycles. The summed E-state index contributed by atoms with van der Waals surface area (Å²) in [6.07, 6.45) is 6.07. The fourth-order valence-electron chi connectivity index (χ4n) is 2.38. The van der Waals surface area contributed by atoms with Crippen LogP contribution in [0.2, 0.25) is 0 Å². The van der Waals surface area contributed by atoms with E-state index in [2.05, 4.69) is 49.4 Å². The van der Waals surface area contributed by atoms with E-state index >= 15 is 0 Å². The highest BCUT2D eigenvalue weighted by Gasteiger charge is 2.04. The van der Waals surface area contributed by atoms with Crippen molar-refractivity contribution in [2.24, 2.45) is 0 Å². The molecule has 2 rings (SSSR count). The number of benzene rings is 2. The average molecular weight is 237 g/mol. The molecule has 0 unspecified atom stereocenters. The predicted molar refractivity (Wildman–Crippen MR) is 80.4 cm³/mol. The van der Waals surface area contributed by atoms with E-state index in [0.29, 0.717) is 0 Å². The van der Waals surface area contributed by atoms with Gasteiger partial charge in [-0.3, -0.25) is 0 Å². The van der Waals surface area contributed by atoms with Crippen molar-refractivity contribution >= 4 is 16.3 Å². The third-order valence-electron chi connectivity index (χ3n) is 3.44. The molecule has 0 spiro atoms. The number of fused-ring (bicyclic) bond motifs is 1. The molecule has 0 aliphatic heterocycles. The van der Waals surface area contributed by atoms with Crippen LogP contribution in [0.5, 0.6) is 0 Å². The zero-order chi connectivity index (χ0) is 12.8. The molecule has 0 atom stereocenters. The SMILES string of the molecule is [CH]=C(CCCCCC)c1cccc2ccccc12. The molecule has 18 heavy (non-hydrogen) atoms. The molecule has 0 N–H and O–H groups in total. The number of unbranched alkanes of at least 4 members (excludes halogenated alkanes) is 3. The van der Waals surface area contributed by atoms with Gasteiger partial charge in [-0.05, 0) is 34.8 Å². The van der Waals surface area contributed by atoms with E-state index in [0.717, 1.165) is 12.0 Å². The molecule has 0 heteroatoms. The molecule has 2 aromatic carbocycles. The van der Waals surface area contributed by atoms with Crippen LogP contribution in [0, 0.1) is 6.58 Å². The molecule has 2 aromatic rings. The minimum absolute atomic E-state index is 1.01. The fraction of sp³-hybridized carbons (Fsp3) is 0.333. The second-order valence-electron chi connectivity index (χ2n) is 4.86. The lowest BCUT2D eigenvalue weighted by molar-refractivity contribution is 0.679. The van der Waals surface area contributed by atoms with Crippen LogP contribution in [0.1, 0.15) is 44.6 Å². The lowest BCUT2D eigenvalue weighted by atomic mass is 9.95. The maximum absolute atomic E-state index is 6.26. The number of allylic oxidation sites excluding steroid dienone is 1.